The Morgan fingerprint density at radius 3 is 2.76 bits per heavy atom. The van der Waals surface area contributed by atoms with Gasteiger partial charge in [0.1, 0.15) is 5.82 Å². The third-order valence-corrected chi connectivity index (χ3v) is 3.46. The molecule has 5 heteroatoms. The number of H-pyrrole nitrogens is 1. The minimum absolute atomic E-state index is 0.0352. The monoisotopic (exact) mass is 280 g/mol. The molecule has 0 aliphatic carbocycles. The Kier molecular flexibility index (Phi) is 3.55. The van der Waals surface area contributed by atoms with Crippen LogP contribution in [-0.2, 0) is 17.8 Å². The van der Waals surface area contributed by atoms with Crippen LogP contribution < -0.4 is 11.1 Å². The molecule has 0 unspecified atom stereocenters. The number of amides is 1. The molecule has 0 bridgehead atoms. The molecular formula is C16H16N4O. The number of nitrogens with two attached hydrogens (primary N) is 1. The van der Waals surface area contributed by atoms with Crippen molar-refractivity contribution in [3.8, 4) is 0 Å². The molecule has 1 aromatic heterocycles. The minimum atomic E-state index is -0.0352. The molecule has 2 aromatic carbocycles. The maximum atomic E-state index is 12.1. The number of aromatic amines is 1. The molecule has 0 radical (unpaired) electrons. The van der Waals surface area contributed by atoms with Crippen molar-refractivity contribution < 1.29 is 4.79 Å². The number of nitrogens with one attached hydrogen (secondary N) is 2. The molecule has 1 amide bonds. The van der Waals surface area contributed by atoms with Crippen LogP contribution in [0.2, 0.25) is 0 Å². The van der Waals surface area contributed by atoms with Gasteiger partial charge in [-0.15, -0.1) is 0 Å². The highest BCUT2D eigenvalue weighted by atomic mass is 16.1. The molecule has 3 aromatic rings. The van der Waals surface area contributed by atoms with Crippen LogP contribution in [0.3, 0.4) is 0 Å². The van der Waals surface area contributed by atoms with Crippen molar-refractivity contribution in [2.45, 2.75) is 13.0 Å². The van der Waals surface area contributed by atoms with Crippen LogP contribution in [0.25, 0.3) is 10.8 Å². The molecule has 0 saturated heterocycles. The van der Waals surface area contributed by atoms with Crippen LogP contribution in [-0.4, -0.2) is 16.1 Å². The van der Waals surface area contributed by atoms with Gasteiger partial charge >= 0.3 is 0 Å². The van der Waals surface area contributed by atoms with Crippen molar-refractivity contribution in [2.75, 3.05) is 5.73 Å². The van der Waals surface area contributed by atoms with E-state index in [1.54, 1.807) is 6.20 Å². The summed E-state index contributed by atoms with van der Waals surface area (Å²) >= 11 is 0. The van der Waals surface area contributed by atoms with E-state index in [2.05, 4.69) is 15.5 Å². The number of benzene rings is 2. The lowest BCUT2D eigenvalue weighted by molar-refractivity contribution is -0.120. The summed E-state index contributed by atoms with van der Waals surface area (Å²) < 4.78 is 0. The summed E-state index contributed by atoms with van der Waals surface area (Å²) in [5.41, 5.74) is 7.50. The molecule has 0 spiro atoms. The third-order valence-electron chi connectivity index (χ3n) is 3.46. The van der Waals surface area contributed by atoms with Crippen LogP contribution in [0.15, 0.2) is 48.7 Å². The molecule has 21 heavy (non-hydrogen) atoms. The van der Waals surface area contributed by atoms with Gasteiger partial charge < -0.3 is 11.1 Å². The maximum absolute atomic E-state index is 12.1. The molecule has 0 aliphatic heterocycles. The van der Waals surface area contributed by atoms with Gasteiger partial charge in [0.05, 0.1) is 12.6 Å². The van der Waals surface area contributed by atoms with Crippen molar-refractivity contribution in [2.24, 2.45) is 0 Å². The average molecular weight is 280 g/mol. The zero-order valence-electron chi connectivity index (χ0n) is 11.5. The topological polar surface area (TPSA) is 83.8 Å². The lowest BCUT2D eigenvalue weighted by Crippen LogP contribution is -2.24. The standard InChI is InChI=1S/C16H16N4O/c17-16-13(10-19-20-16)9-18-15(21)8-12-6-3-5-11-4-1-2-7-14(11)12/h1-7,10H,8-9H2,(H,18,21)(H3,17,19,20). The second-order valence-corrected chi connectivity index (χ2v) is 4.90. The Labute approximate surface area is 122 Å². The quantitative estimate of drug-likeness (QED) is 0.683. The van der Waals surface area contributed by atoms with E-state index in [-0.39, 0.29) is 5.91 Å². The van der Waals surface area contributed by atoms with E-state index in [4.69, 9.17) is 5.73 Å². The molecule has 0 atom stereocenters. The number of hydrogen-bond donors (Lipinski definition) is 3. The highest BCUT2D eigenvalue weighted by molar-refractivity contribution is 5.90. The smallest absolute Gasteiger partial charge is 0.224 e. The number of aromatic nitrogens is 2. The first-order valence-electron chi connectivity index (χ1n) is 6.75. The summed E-state index contributed by atoms with van der Waals surface area (Å²) in [6.07, 6.45) is 1.96. The Hall–Kier alpha value is -2.82. The Bertz CT molecular complexity index is 773. The summed E-state index contributed by atoms with van der Waals surface area (Å²) in [5, 5.41) is 11.6. The molecule has 3 rings (SSSR count). The predicted molar refractivity (Wildman–Crippen MR) is 82.5 cm³/mol. The summed E-state index contributed by atoms with van der Waals surface area (Å²) in [6.45, 7) is 0.381. The number of carbonyl (C=O) groups excluding carboxylic acids is 1. The van der Waals surface area contributed by atoms with Gasteiger partial charge in [-0.3, -0.25) is 9.89 Å². The van der Waals surface area contributed by atoms with Crippen LogP contribution in [0, 0.1) is 0 Å². The van der Waals surface area contributed by atoms with Gasteiger partial charge in [0, 0.05) is 12.1 Å². The lowest BCUT2D eigenvalue weighted by atomic mass is 10.0. The number of carbonyl (C=O) groups is 1. The number of nitrogen functional groups attached to an aromatic ring is 1. The van der Waals surface area contributed by atoms with E-state index >= 15 is 0 Å². The van der Waals surface area contributed by atoms with Crippen molar-refractivity contribution in [1.29, 1.82) is 0 Å². The fourth-order valence-electron chi connectivity index (χ4n) is 2.34. The molecule has 106 valence electrons. The average Bonchev–Trinajstić information content (AvgIpc) is 2.91. The minimum Gasteiger partial charge on any atom is -0.384 e. The number of nitrogens with zero attached hydrogens (tertiary/aromatic N) is 1. The first-order chi connectivity index (χ1) is 10.2. The van der Waals surface area contributed by atoms with Crippen molar-refractivity contribution in [1.82, 2.24) is 15.5 Å². The van der Waals surface area contributed by atoms with Crippen molar-refractivity contribution in [3.63, 3.8) is 0 Å². The van der Waals surface area contributed by atoms with E-state index in [0.29, 0.717) is 18.8 Å². The normalized spacial score (nSPS) is 10.7. The second-order valence-electron chi connectivity index (χ2n) is 4.90. The molecule has 0 saturated carbocycles. The van der Waals surface area contributed by atoms with Crippen molar-refractivity contribution in [3.05, 3.63) is 59.8 Å². The van der Waals surface area contributed by atoms with Gasteiger partial charge in [-0.05, 0) is 16.3 Å². The molecule has 0 fully saturated rings. The number of fused-ring (bicyclic) bond motifs is 1. The molecule has 0 aliphatic rings. The lowest BCUT2D eigenvalue weighted by Gasteiger charge is -2.07. The Morgan fingerprint density at radius 1 is 1.14 bits per heavy atom. The summed E-state index contributed by atoms with van der Waals surface area (Å²) in [7, 11) is 0. The van der Waals surface area contributed by atoms with E-state index in [9.17, 15) is 4.79 Å². The highest BCUT2D eigenvalue weighted by Gasteiger charge is 2.08. The number of anilines is 1. The van der Waals surface area contributed by atoms with Crippen LogP contribution in [0.5, 0.6) is 0 Å². The largest absolute Gasteiger partial charge is 0.384 e. The predicted octanol–water partition coefficient (Wildman–Crippen LogP) is 2.00. The molecule has 4 N–H and O–H groups in total. The van der Waals surface area contributed by atoms with Gasteiger partial charge in [0.25, 0.3) is 0 Å². The first kappa shape index (κ1) is 13.2. The van der Waals surface area contributed by atoms with Crippen LogP contribution in [0.1, 0.15) is 11.1 Å². The van der Waals surface area contributed by atoms with Gasteiger partial charge in [0.15, 0.2) is 0 Å². The zero-order valence-corrected chi connectivity index (χ0v) is 11.5. The fraction of sp³-hybridized carbons (Fsp3) is 0.125. The maximum Gasteiger partial charge on any atom is 0.224 e. The molecule has 5 nitrogen and oxygen atoms in total. The Balaban J connectivity index is 1.70. The van der Waals surface area contributed by atoms with E-state index in [1.165, 1.54) is 0 Å². The SMILES string of the molecule is Nc1[nH]ncc1CNC(=O)Cc1cccc2ccccc12. The Morgan fingerprint density at radius 2 is 1.95 bits per heavy atom. The zero-order chi connectivity index (χ0) is 14.7. The second kappa shape index (κ2) is 5.66. The van der Waals surface area contributed by atoms with Crippen LogP contribution in [0.4, 0.5) is 5.82 Å². The van der Waals surface area contributed by atoms with E-state index in [1.807, 2.05) is 42.5 Å². The highest BCUT2D eigenvalue weighted by Crippen LogP contribution is 2.18. The van der Waals surface area contributed by atoms with Gasteiger partial charge in [-0.1, -0.05) is 42.5 Å². The molecule has 1 heterocycles. The van der Waals surface area contributed by atoms with Gasteiger partial charge in [-0.25, -0.2) is 0 Å². The van der Waals surface area contributed by atoms with Gasteiger partial charge in [0.2, 0.25) is 5.91 Å². The summed E-state index contributed by atoms with van der Waals surface area (Å²) in [5.74, 6) is 0.451. The number of hydrogen-bond acceptors (Lipinski definition) is 3. The van der Waals surface area contributed by atoms with Gasteiger partial charge in [-0.2, -0.15) is 5.10 Å². The third kappa shape index (κ3) is 2.86. The van der Waals surface area contributed by atoms with Crippen LogP contribution >= 0.6 is 0 Å². The first-order valence-corrected chi connectivity index (χ1v) is 6.75. The summed E-state index contributed by atoms with van der Waals surface area (Å²) in [6, 6.07) is 14.1. The van der Waals surface area contributed by atoms with E-state index < -0.39 is 0 Å². The molecular weight excluding hydrogens is 264 g/mol. The van der Waals surface area contributed by atoms with Crippen molar-refractivity contribution >= 4 is 22.5 Å². The van der Waals surface area contributed by atoms with E-state index in [0.717, 1.165) is 21.9 Å². The summed E-state index contributed by atoms with van der Waals surface area (Å²) in [4.78, 5) is 12.1. The fourth-order valence-corrected chi connectivity index (χ4v) is 2.34. The number of rotatable bonds is 4.